The van der Waals surface area contributed by atoms with Crippen molar-refractivity contribution < 1.29 is 4.39 Å². The van der Waals surface area contributed by atoms with Crippen LogP contribution in [-0.2, 0) is 13.0 Å². The number of nitrogens with zero attached hydrogens (tertiary/aromatic N) is 5. The van der Waals surface area contributed by atoms with Crippen LogP contribution in [0.25, 0.3) is 0 Å². The van der Waals surface area contributed by atoms with Crippen LogP contribution >= 0.6 is 24.0 Å². The van der Waals surface area contributed by atoms with Crippen molar-refractivity contribution in [2.45, 2.75) is 13.0 Å². The van der Waals surface area contributed by atoms with Crippen molar-refractivity contribution in [3.8, 4) is 0 Å². The highest BCUT2D eigenvalue weighted by molar-refractivity contribution is 14.0. The Labute approximate surface area is 217 Å². The Kier molecular flexibility index (Phi) is 9.87. The molecule has 3 aromatic rings. The Bertz CT molecular complexity index is 1040. The number of guanidine groups is 1. The van der Waals surface area contributed by atoms with Crippen LogP contribution < -0.4 is 20.4 Å². The van der Waals surface area contributed by atoms with Crippen LogP contribution in [-0.4, -0.2) is 55.7 Å². The lowest BCUT2D eigenvalue weighted by atomic mass is 10.2. The summed E-state index contributed by atoms with van der Waals surface area (Å²) in [5, 5.41) is 6.70. The van der Waals surface area contributed by atoms with Crippen LogP contribution in [0.5, 0.6) is 0 Å². The van der Waals surface area contributed by atoms with Gasteiger partial charge in [0, 0.05) is 76.5 Å². The summed E-state index contributed by atoms with van der Waals surface area (Å²) in [6.07, 6.45) is 4.51. The fourth-order valence-electron chi connectivity index (χ4n) is 3.85. The van der Waals surface area contributed by atoms with Crippen LogP contribution in [0.2, 0.25) is 0 Å². The average Bonchev–Trinajstić information content (AvgIpc) is 2.87. The van der Waals surface area contributed by atoms with E-state index in [1.807, 2.05) is 48.8 Å². The van der Waals surface area contributed by atoms with Gasteiger partial charge in [-0.2, -0.15) is 0 Å². The summed E-state index contributed by atoms with van der Waals surface area (Å²) in [6, 6.07) is 16.8. The number of anilines is 2. The zero-order valence-corrected chi connectivity index (χ0v) is 21.7. The van der Waals surface area contributed by atoms with Gasteiger partial charge in [-0.05, 0) is 54.1 Å². The third-order valence-electron chi connectivity index (χ3n) is 5.69. The van der Waals surface area contributed by atoms with Gasteiger partial charge < -0.3 is 20.4 Å². The predicted octanol–water partition coefficient (Wildman–Crippen LogP) is 3.47. The molecule has 0 aliphatic carbocycles. The second-order valence-corrected chi connectivity index (χ2v) is 7.90. The summed E-state index contributed by atoms with van der Waals surface area (Å²) in [5.74, 6) is 1.54. The van der Waals surface area contributed by atoms with E-state index in [9.17, 15) is 4.39 Å². The molecule has 1 aliphatic rings. The van der Waals surface area contributed by atoms with Crippen molar-refractivity contribution in [1.82, 2.24) is 20.6 Å². The number of hydrogen-bond donors (Lipinski definition) is 2. The van der Waals surface area contributed by atoms with E-state index in [0.29, 0.717) is 6.54 Å². The smallest absolute Gasteiger partial charge is 0.191 e. The van der Waals surface area contributed by atoms with Crippen molar-refractivity contribution in [2.24, 2.45) is 4.99 Å². The van der Waals surface area contributed by atoms with Gasteiger partial charge in [0.1, 0.15) is 11.6 Å². The minimum atomic E-state index is -0.202. The zero-order chi connectivity index (χ0) is 22.9. The quantitative estimate of drug-likeness (QED) is 0.256. The number of halogens is 2. The fourth-order valence-corrected chi connectivity index (χ4v) is 3.85. The van der Waals surface area contributed by atoms with Crippen molar-refractivity contribution in [3.05, 3.63) is 84.1 Å². The molecule has 2 N–H and O–H groups in total. The maximum atomic E-state index is 13.2. The number of piperazine rings is 1. The molecule has 7 nitrogen and oxygen atoms in total. The van der Waals surface area contributed by atoms with E-state index in [0.717, 1.165) is 67.9 Å². The molecule has 2 aromatic heterocycles. The molecule has 3 heterocycles. The van der Waals surface area contributed by atoms with Crippen molar-refractivity contribution in [1.29, 1.82) is 0 Å². The van der Waals surface area contributed by atoms with Gasteiger partial charge in [-0.15, -0.1) is 24.0 Å². The van der Waals surface area contributed by atoms with Gasteiger partial charge in [0.2, 0.25) is 0 Å². The highest BCUT2D eigenvalue weighted by Gasteiger charge is 2.18. The van der Waals surface area contributed by atoms with Gasteiger partial charge >= 0.3 is 0 Å². The molecule has 0 bridgehead atoms. The van der Waals surface area contributed by atoms with E-state index in [1.165, 1.54) is 12.1 Å². The monoisotopic (exact) mass is 575 g/mol. The Morgan fingerprint density at radius 1 is 0.941 bits per heavy atom. The largest absolute Gasteiger partial charge is 0.368 e. The topological polar surface area (TPSA) is 68.7 Å². The van der Waals surface area contributed by atoms with Crippen molar-refractivity contribution in [2.75, 3.05) is 49.6 Å². The molecule has 34 heavy (non-hydrogen) atoms. The minimum absolute atomic E-state index is 0. The molecule has 4 rings (SSSR count). The molecular weight excluding hydrogens is 544 g/mol. The van der Waals surface area contributed by atoms with Gasteiger partial charge in [0.15, 0.2) is 5.96 Å². The molecule has 1 aromatic carbocycles. The van der Waals surface area contributed by atoms with E-state index in [4.69, 9.17) is 0 Å². The predicted molar refractivity (Wildman–Crippen MR) is 147 cm³/mol. The van der Waals surface area contributed by atoms with E-state index >= 15 is 0 Å². The Morgan fingerprint density at radius 2 is 1.71 bits per heavy atom. The molecular formula is C25H31FIN7. The Hall–Kier alpha value is -2.95. The SMILES string of the molecule is CN=C(NCCc1ccccn1)NCc1ccnc(N2CCN(c3ccc(F)cc3)CC2)c1.I. The van der Waals surface area contributed by atoms with Crippen LogP contribution in [0.15, 0.2) is 72.0 Å². The van der Waals surface area contributed by atoms with Crippen LogP contribution in [0.3, 0.4) is 0 Å². The summed E-state index contributed by atoms with van der Waals surface area (Å²) in [4.78, 5) is 17.8. The van der Waals surface area contributed by atoms with Crippen LogP contribution in [0.4, 0.5) is 15.9 Å². The molecule has 0 atom stereocenters. The fraction of sp³-hybridized carbons (Fsp3) is 0.320. The maximum Gasteiger partial charge on any atom is 0.191 e. The van der Waals surface area contributed by atoms with E-state index < -0.39 is 0 Å². The molecule has 180 valence electrons. The number of aliphatic imine (C=N–C) groups is 1. The lowest BCUT2D eigenvalue weighted by Crippen LogP contribution is -2.46. The number of pyridine rings is 2. The van der Waals surface area contributed by atoms with E-state index in [2.05, 4.69) is 41.5 Å². The second-order valence-electron chi connectivity index (χ2n) is 7.90. The van der Waals surface area contributed by atoms with Gasteiger partial charge in [-0.25, -0.2) is 9.37 Å². The summed E-state index contributed by atoms with van der Waals surface area (Å²) in [5.41, 5.74) is 3.26. The molecule has 1 fully saturated rings. The normalized spacial score (nSPS) is 13.9. The molecule has 0 unspecified atom stereocenters. The number of aromatic nitrogens is 2. The Balaban J connectivity index is 0.00000324. The van der Waals surface area contributed by atoms with Gasteiger partial charge in [-0.1, -0.05) is 6.07 Å². The number of benzene rings is 1. The third kappa shape index (κ3) is 7.28. The lowest BCUT2D eigenvalue weighted by molar-refractivity contribution is 0.624. The Morgan fingerprint density at radius 3 is 2.41 bits per heavy atom. The average molecular weight is 575 g/mol. The van der Waals surface area contributed by atoms with Crippen LogP contribution in [0, 0.1) is 5.82 Å². The molecule has 1 saturated heterocycles. The molecule has 0 radical (unpaired) electrons. The third-order valence-corrected chi connectivity index (χ3v) is 5.69. The first-order valence-corrected chi connectivity index (χ1v) is 11.3. The molecule has 1 aliphatic heterocycles. The van der Waals surface area contributed by atoms with Crippen molar-refractivity contribution >= 4 is 41.4 Å². The number of hydrogen-bond acceptors (Lipinski definition) is 5. The summed E-state index contributed by atoms with van der Waals surface area (Å²) in [6.45, 7) is 4.92. The van der Waals surface area contributed by atoms with Gasteiger partial charge in [0.25, 0.3) is 0 Å². The molecule has 0 spiro atoms. The number of nitrogens with one attached hydrogen (secondary N) is 2. The van der Waals surface area contributed by atoms with Crippen LogP contribution in [0.1, 0.15) is 11.3 Å². The first kappa shape index (κ1) is 25.7. The molecule has 9 heteroatoms. The summed E-state index contributed by atoms with van der Waals surface area (Å²) >= 11 is 0. The van der Waals surface area contributed by atoms with Gasteiger partial charge in [-0.3, -0.25) is 9.98 Å². The first-order chi connectivity index (χ1) is 16.2. The van der Waals surface area contributed by atoms with Crippen molar-refractivity contribution in [3.63, 3.8) is 0 Å². The summed E-state index contributed by atoms with van der Waals surface area (Å²) in [7, 11) is 1.77. The zero-order valence-electron chi connectivity index (χ0n) is 19.3. The number of rotatable bonds is 7. The van der Waals surface area contributed by atoms with E-state index in [1.54, 1.807) is 7.05 Å². The highest BCUT2D eigenvalue weighted by atomic mass is 127. The maximum absolute atomic E-state index is 13.2. The molecule has 0 saturated carbocycles. The second kappa shape index (κ2) is 13.1. The molecule has 0 amide bonds. The van der Waals surface area contributed by atoms with Gasteiger partial charge in [0.05, 0.1) is 0 Å². The summed E-state index contributed by atoms with van der Waals surface area (Å²) < 4.78 is 13.2. The lowest BCUT2D eigenvalue weighted by Gasteiger charge is -2.36. The highest BCUT2D eigenvalue weighted by Crippen LogP contribution is 2.20. The minimum Gasteiger partial charge on any atom is -0.368 e. The first-order valence-electron chi connectivity index (χ1n) is 11.3. The van der Waals surface area contributed by atoms with E-state index in [-0.39, 0.29) is 29.8 Å². The standard InChI is InChI=1S/C25H30FN7.HI/c1-27-25(30-13-10-22-4-2-3-11-28-22)31-19-20-9-12-29-24(18-20)33-16-14-32(15-17-33)23-7-5-21(26)6-8-23;/h2-9,11-12,18H,10,13-17,19H2,1H3,(H2,27,30,31);1H.